The second kappa shape index (κ2) is 4.40. The van der Waals surface area contributed by atoms with E-state index in [1.165, 1.54) is 22.8 Å². The lowest BCUT2D eigenvalue weighted by Gasteiger charge is -2.36. The molecule has 1 aromatic rings. The van der Waals surface area contributed by atoms with Gasteiger partial charge in [-0.2, -0.15) is 4.31 Å². The van der Waals surface area contributed by atoms with Crippen LogP contribution in [0.2, 0.25) is 0 Å². The molecule has 1 fully saturated rings. The predicted octanol–water partition coefficient (Wildman–Crippen LogP) is 0.890. The largest absolute Gasteiger partial charge is 0.481 e. The van der Waals surface area contributed by atoms with Gasteiger partial charge in [-0.15, -0.1) is 0 Å². The fourth-order valence-electron chi connectivity index (χ4n) is 2.19. The first-order valence-corrected chi connectivity index (χ1v) is 7.17. The SMILES string of the molecule is CC1(C(=O)O)CCCN(S(=O)(=O)c2cc[nH]c2)C1. The van der Waals surface area contributed by atoms with Gasteiger partial charge in [-0.3, -0.25) is 4.79 Å². The van der Waals surface area contributed by atoms with Crippen molar-refractivity contribution >= 4 is 16.0 Å². The summed E-state index contributed by atoms with van der Waals surface area (Å²) in [6.45, 7) is 1.99. The maximum absolute atomic E-state index is 12.3. The first kappa shape index (κ1) is 13.1. The monoisotopic (exact) mass is 272 g/mol. The molecule has 0 saturated carbocycles. The van der Waals surface area contributed by atoms with Crippen molar-refractivity contribution in [1.82, 2.24) is 9.29 Å². The summed E-state index contributed by atoms with van der Waals surface area (Å²) in [5.41, 5.74) is -0.998. The molecule has 100 valence electrons. The Morgan fingerprint density at radius 3 is 2.83 bits per heavy atom. The van der Waals surface area contributed by atoms with Crippen molar-refractivity contribution in [2.45, 2.75) is 24.7 Å². The molecule has 0 spiro atoms. The van der Waals surface area contributed by atoms with Crippen molar-refractivity contribution in [1.29, 1.82) is 0 Å². The summed E-state index contributed by atoms with van der Waals surface area (Å²) >= 11 is 0. The van der Waals surface area contributed by atoms with Gasteiger partial charge >= 0.3 is 5.97 Å². The van der Waals surface area contributed by atoms with Crippen molar-refractivity contribution in [2.24, 2.45) is 5.41 Å². The summed E-state index contributed by atoms with van der Waals surface area (Å²) in [6.07, 6.45) is 4.00. The van der Waals surface area contributed by atoms with Gasteiger partial charge in [0.25, 0.3) is 0 Å². The van der Waals surface area contributed by atoms with Gasteiger partial charge in [0.1, 0.15) is 0 Å². The van der Waals surface area contributed by atoms with E-state index in [0.717, 1.165) is 0 Å². The summed E-state index contributed by atoms with van der Waals surface area (Å²) in [4.78, 5) is 14.1. The first-order chi connectivity index (χ1) is 8.36. The fourth-order valence-corrected chi connectivity index (χ4v) is 3.77. The van der Waals surface area contributed by atoms with Crippen LogP contribution < -0.4 is 0 Å². The molecule has 1 aliphatic rings. The van der Waals surface area contributed by atoms with Gasteiger partial charge in [0, 0.05) is 25.5 Å². The Bertz CT molecular complexity index is 537. The molecule has 1 aliphatic heterocycles. The van der Waals surface area contributed by atoms with E-state index in [1.54, 1.807) is 6.92 Å². The average Bonchev–Trinajstić information content (AvgIpc) is 2.83. The maximum atomic E-state index is 12.3. The highest BCUT2D eigenvalue weighted by Gasteiger charge is 2.42. The van der Waals surface area contributed by atoms with Crippen LogP contribution in [0.5, 0.6) is 0 Å². The van der Waals surface area contributed by atoms with Crippen molar-refractivity contribution in [3.63, 3.8) is 0 Å². The van der Waals surface area contributed by atoms with Gasteiger partial charge in [-0.25, -0.2) is 8.42 Å². The topological polar surface area (TPSA) is 90.5 Å². The second-order valence-corrected chi connectivity index (χ2v) is 6.79. The number of hydrogen-bond acceptors (Lipinski definition) is 3. The van der Waals surface area contributed by atoms with E-state index in [9.17, 15) is 18.3 Å². The number of carboxylic acid groups (broad SMARTS) is 1. The van der Waals surface area contributed by atoms with Crippen LogP contribution in [0.1, 0.15) is 19.8 Å². The van der Waals surface area contributed by atoms with E-state index >= 15 is 0 Å². The minimum Gasteiger partial charge on any atom is -0.481 e. The molecule has 2 heterocycles. The van der Waals surface area contributed by atoms with Crippen LogP contribution in [0.4, 0.5) is 0 Å². The molecule has 1 aromatic heterocycles. The molecule has 1 unspecified atom stereocenters. The predicted molar refractivity (Wildman–Crippen MR) is 64.5 cm³/mol. The number of aliphatic carboxylic acids is 1. The summed E-state index contributed by atoms with van der Waals surface area (Å²) < 4.78 is 25.8. The molecular formula is C11H16N2O4S. The van der Waals surface area contributed by atoms with Crippen molar-refractivity contribution in [2.75, 3.05) is 13.1 Å². The number of aromatic amines is 1. The molecule has 0 radical (unpaired) electrons. The quantitative estimate of drug-likeness (QED) is 0.855. The molecule has 6 nitrogen and oxygen atoms in total. The first-order valence-electron chi connectivity index (χ1n) is 5.73. The Labute approximate surface area is 106 Å². The number of aromatic nitrogens is 1. The summed E-state index contributed by atoms with van der Waals surface area (Å²) in [6, 6.07) is 1.47. The van der Waals surface area contributed by atoms with E-state index in [1.807, 2.05) is 0 Å². The molecule has 2 N–H and O–H groups in total. The fraction of sp³-hybridized carbons (Fsp3) is 0.545. The number of hydrogen-bond donors (Lipinski definition) is 2. The third-order valence-corrected chi connectivity index (χ3v) is 5.23. The molecule has 1 saturated heterocycles. The van der Waals surface area contributed by atoms with Crippen LogP contribution in [0.15, 0.2) is 23.4 Å². The Morgan fingerprint density at radius 2 is 2.28 bits per heavy atom. The Kier molecular flexibility index (Phi) is 3.20. The minimum atomic E-state index is -3.58. The Hall–Kier alpha value is -1.34. The highest BCUT2D eigenvalue weighted by molar-refractivity contribution is 7.89. The van der Waals surface area contributed by atoms with Crippen LogP contribution in [0, 0.1) is 5.41 Å². The molecule has 18 heavy (non-hydrogen) atoms. The highest BCUT2D eigenvalue weighted by Crippen LogP contribution is 2.32. The smallest absolute Gasteiger partial charge is 0.310 e. The zero-order valence-electron chi connectivity index (χ0n) is 10.1. The van der Waals surface area contributed by atoms with Gasteiger partial charge in [0.15, 0.2) is 0 Å². The molecule has 0 aromatic carbocycles. The highest BCUT2D eigenvalue weighted by atomic mass is 32.2. The molecule has 1 atom stereocenters. The van der Waals surface area contributed by atoms with Gasteiger partial charge in [-0.05, 0) is 25.8 Å². The Morgan fingerprint density at radius 1 is 1.56 bits per heavy atom. The van der Waals surface area contributed by atoms with Crippen LogP contribution in [0.25, 0.3) is 0 Å². The number of piperidine rings is 1. The molecular weight excluding hydrogens is 256 g/mol. The molecule has 0 bridgehead atoms. The number of carboxylic acids is 1. The lowest BCUT2D eigenvalue weighted by molar-refractivity contribution is -0.150. The van der Waals surface area contributed by atoms with Crippen LogP contribution >= 0.6 is 0 Å². The minimum absolute atomic E-state index is 0.0237. The van der Waals surface area contributed by atoms with E-state index in [2.05, 4.69) is 4.98 Å². The maximum Gasteiger partial charge on any atom is 0.310 e. The zero-order valence-corrected chi connectivity index (χ0v) is 10.9. The molecule has 7 heteroatoms. The van der Waals surface area contributed by atoms with Gasteiger partial charge < -0.3 is 10.1 Å². The van der Waals surface area contributed by atoms with Crippen molar-refractivity contribution in [3.8, 4) is 0 Å². The van der Waals surface area contributed by atoms with Crippen molar-refractivity contribution in [3.05, 3.63) is 18.5 Å². The van der Waals surface area contributed by atoms with Crippen molar-refractivity contribution < 1.29 is 18.3 Å². The van der Waals surface area contributed by atoms with Crippen LogP contribution in [0.3, 0.4) is 0 Å². The van der Waals surface area contributed by atoms with Gasteiger partial charge in [0.05, 0.1) is 10.3 Å². The van der Waals surface area contributed by atoms with E-state index < -0.39 is 21.4 Å². The number of H-pyrrole nitrogens is 1. The van der Waals surface area contributed by atoms with E-state index in [4.69, 9.17) is 0 Å². The van der Waals surface area contributed by atoms with Gasteiger partial charge in [-0.1, -0.05) is 0 Å². The summed E-state index contributed by atoms with van der Waals surface area (Å²) in [5.74, 6) is -0.948. The number of carbonyl (C=O) groups is 1. The second-order valence-electron chi connectivity index (χ2n) is 4.85. The third-order valence-electron chi connectivity index (χ3n) is 3.38. The van der Waals surface area contributed by atoms with Crippen LogP contribution in [-0.4, -0.2) is 41.9 Å². The third kappa shape index (κ3) is 2.15. The summed E-state index contributed by atoms with van der Waals surface area (Å²) in [7, 11) is -3.58. The molecule has 0 amide bonds. The zero-order chi connectivity index (χ0) is 13.4. The normalized spacial score (nSPS) is 26.1. The number of rotatable bonds is 3. The number of nitrogens with zero attached hydrogens (tertiary/aromatic N) is 1. The standard InChI is InChI=1S/C11H16N2O4S/c1-11(10(14)15)4-2-6-13(8-11)18(16,17)9-3-5-12-7-9/h3,5,7,12H,2,4,6,8H2,1H3,(H,14,15). The van der Waals surface area contributed by atoms with Gasteiger partial charge in [0.2, 0.25) is 10.0 Å². The van der Waals surface area contributed by atoms with Crippen LogP contribution in [-0.2, 0) is 14.8 Å². The lowest BCUT2D eigenvalue weighted by atomic mass is 9.83. The molecule has 2 rings (SSSR count). The van der Waals surface area contributed by atoms with E-state index in [0.29, 0.717) is 19.4 Å². The lowest BCUT2D eigenvalue weighted by Crippen LogP contribution is -2.48. The Balaban J connectivity index is 2.27. The summed E-state index contributed by atoms with van der Waals surface area (Å²) in [5, 5.41) is 9.18. The van der Waals surface area contributed by atoms with E-state index in [-0.39, 0.29) is 11.4 Å². The number of nitrogens with one attached hydrogen (secondary N) is 1. The number of sulfonamides is 1. The average molecular weight is 272 g/mol. The molecule has 0 aliphatic carbocycles.